The van der Waals surface area contributed by atoms with E-state index in [1.54, 1.807) is 6.20 Å². The molecule has 21 heavy (non-hydrogen) atoms. The Kier molecular flexibility index (Phi) is 3.92. The molecule has 0 unspecified atom stereocenters. The second-order valence-electron chi connectivity index (χ2n) is 5.34. The van der Waals surface area contributed by atoms with Gasteiger partial charge in [0, 0.05) is 37.0 Å². The molecule has 0 saturated carbocycles. The van der Waals surface area contributed by atoms with Gasteiger partial charge in [-0.15, -0.1) is 0 Å². The van der Waals surface area contributed by atoms with Crippen LogP contribution >= 0.6 is 0 Å². The van der Waals surface area contributed by atoms with E-state index in [9.17, 15) is 4.39 Å². The van der Waals surface area contributed by atoms with Crippen LogP contribution < -0.4 is 10.6 Å². The number of hydrogen-bond donors (Lipinski definition) is 1. The number of nitrogens with zero attached hydrogens (tertiary/aromatic N) is 2. The number of pyridine rings is 1. The van der Waals surface area contributed by atoms with Crippen LogP contribution in [0.25, 0.3) is 10.9 Å². The molecular formula is C16H20FN3O. The fraction of sp³-hybridized carbons (Fsp3) is 0.438. The zero-order valence-corrected chi connectivity index (χ0v) is 12.2. The molecule has 1 saturated heterocycles. The number of piperidine rings is 1. The fourth-order valence-corrected chi connectivity index (χ4v) is 3.01. The van der Waals surface area contributed by atoms with E-state index in [1.807, 2.05) is 19.1 Å². The molecule has 2 heterocycles. The topological polar surface area (TPSA) is 51.4 Å². The van der Waals surface area contributed by atoms with Crippen molar-refractivity contribution in [3.05, 3.63) is 30.2 Å². The number of hydrogen-bond acceptors (Lipinski definition) is 4. The van der Waals surface area contributed by atoms with Crippen molar-refractivity contribution in [2.24, 2.45) is 0 Å². The molecule has 5 heteroatoms. The van der Waals surface area contributed by atoms with E-state index in [-0.39, 0.29) is 11.9 Å². The Labute approximate surface area is 123 Å². The summed E-state index contributed by atoms with van der Waals surface area (Å²) < 4.78 is 20.1. The first kappa shape index (κ1) is 14.1. The highest BCUT2D eigenvalue weighted by molar-refractivity contribution is 5.98. The van der Waals surface area contributed by atoms with Gasteiger partial charge in [-0.1, -0.05) is 0 Å². The van der Waals surface area contributed by atoms with Gasteiger partial charge in [0.2, 0.25) is 0 Å². The number of benzene rings is 1. The molecule has 3 rings (SSSR count). The minimum atomic E-state index is -0.298. The summed E-state index contributed by atoms with van der Waals surface area (Å²) >= 11 is 0. The van der Waals surface area contributed by atoms with Gasteiger partial charge in [-0.2, -0.15) is 0 Å². The lowest BCUT2D eigenvalue weighted by Gasteiger charge is -2.34. The first-order valence-corrected chi connectivity index (χ1v) is 7.40. The van der Waals surface area contributed by atoms with Crippen LogP contribution in [0.15, 0.2) is 24.4 Å². The van der Waals surface area contributed by atoms with Gasteiger partial charge < -0.3 is 15.4 Å². The number of nitrogen functional groups attached to an aromatic ring is 1. The zero-order valence-electron chi connectivity index (χ0n) is 12.2. The molecule has 1 aromatic carbocycles. The largest absolute Gasteiger partial charge is 0.398 e. The Hall–Kier alpha value is -1.88. The molecule has 0 spiro atoms. The van der Waals surface area contributed by atoms with Gasteiger partial charge in [0.1, 0.15) is 0 Å². The molecule has 1 aliphatic heterocycles. The van der Waals surface area contributed by atoms with E-state index in [2.05, 4.69) is 9.88 Å². The Morgan fingerprint density at radius 3 is 2.90 bits per heavy atom. The second kappa shape index (κ2) is 5.85. The molecule has 2 aromatic rings. The Morgan fingerprint density at radius 1 is 1.43 bits per heavy atom. The molecular weight excluding hydrogens is 269 g/mol. The van der Waals surface area contributed by atoms with Crippen LogP contribution in [-0.4, -0.2) is 30.8 Å². The standard InChI is InChI=1S/C16H20FN3O/c1-2-21-11-5-8-20(9-6-11)16-13(17)10-14(18)12-4-3-7-19-15(12)16/h3-4,7,10-11H,2,5-6,8-9,18H2,1H3. The Balaban J connectivity index is 1.94. The molecule has 1 aromatic heterocycles. The summed E-state index contributed by atoms with van der Waals surface area (Å²) in [6, 6.07) is 5.10. The van der Waals surface area contributed by atoms with E-state index in [0.29, 0.717) is 16.9 Å². The van der Waals surface area contributed by atoms with Gasteiger partial charge in [-0.3, -0.25) is 4.98 Å². The number of ether oxygens (including phenoxy) is 1. The molecule has 0 amide bonds. The molecule has 112 valence electrons. The molecule has 0 aliphatic carbocycles. The van der Waals surface area contributed by atoms with Crippen LogP contribution in [0.3, 0.4) is 0 Å². The highest BCUT2D eigenvalue weighted by atomic mass is 19.1. The van der Waals surface area contributed by atoms with E-state index >= 15 is 0 Å². The highest BCUT2D eigenvalue weighted by Gasteiger charge is 2.24. The zero-order chi connectivity index (χ0) is 14.8. The Morgan fingerprint density at radius 2 is 2.19 bits per heavy atom. The van der Waals surface area contributed by atoms with Gasteiger partial charge in [0.05, 0.1) is 17.3 Å². The summed E-state index contributed by atoms with van der Waals surface area (Å²) in [7, 11) is 0. The summed E-state index contributed by atoms with van der Waals surface area (Å²) in [5.41, 5.74) is 7.54. The summed E-state index contributed by atoms with van der Waals surface area (Å²) in [6.07, 6.45) is 3.78. The lowest BCUT2D eigenvalue weighted by atomic mass is 10.0. The van der Waals surface area contributed by atoms with Gasteiger partial charge in [-0.05, 0) is 38.0 Å². The Bertz CT molecular complexity index is 639. The van der Waals surface area contributed by atoms with E-state index in [1.165, 1.54) is 6.07 Å². The smallest absolute Gasteiger partial charge is 0.150 e. The third kappa shape index (κ3) is 2.65. The molecule has 1 aliphatic rings. The second-order valence-corrected chi connectivity index (χ2v) is 5.34. The van der Waals surface area contributed by atoms with Crippen molar-refractivity contribution in [3.63, 3.8) is 0 Å². The van der Waals surface area contributed by atoms with Crippen molar-refractivity contribution in [2.75, 3.05) is 30.3 Å². The number of rotatable bonds is 3. The monoisotopic (exact) mass is 289 g/mol. The molecule has 4 nitrogen and oxygen atoms in total. The van der Waals surface area contributed by atoms with Gasteiger partial charge in [-0.25, -0.2) is 4.39 Å². The van der Waals surface area contributed by atoms with Crippen molar-refractivity contribution in [3.8, 4) is 0 Å². The van der Waals surface area contributed by atoms with Crippen molar-refractivity contribution in [2.45, 2.75) is 25.9 Å². The van der Waals surface area contributed by atoms with Gasteiger partial charge in [0.25, 0.3) is 0 Å². The lowest BCUT2D eigenvalue weighted by Crippen LogP contribution is -2.37. The van der Waals surface area contributed by atoms with Crippen LogP contribution in [0, 0.1) is 5.82 Å². The summed E-state index contributed by atoms with van der Waals surface area (Å²) in [6.45, 7) is 4.28. The average molecular weight is 289 g/mol. The molecule has 2 N–H and O–H groups in total. The molecule has 0 bridgehead atoms. The van der Waals surface area contributed by atoms with Crippen molar-refractivity contribution < 1.29 is 9.13 Å². The van der Waals surface area contributed by atoms with Crippen LogP contribution in [-0.2, 0) is 4.74 Å². The molecule has 0 atom stereocenters. The average Bonchev–Trinajstić information content (AvgIpc) is 2.49. The van der Waals surface area contributed by atoms with E-state index < -0.39 is 0 Å². The maximum atomic E-state index is 14.4. The van der Waals surface area contributed by atoms with Gasteiger partial charge >= 0.3 is 0 Å². The van der Waals surface area contributed by atoms with E-state index in [0.717, 1.165) is 37.9 Å². The minimum Gasteiger partial charge on any atom is -0.398 e. The number of anilines is 2. The number of halogens is 1. The predicted octanol–water partition coefficient (Wildman–Crippen LogP) is 2.96. The van der Waals surface area contributed by atoms with Crippen LogP contribution in [0.5, 0.6) is 0 Å². The van der Waals surface area contributed by atoms with Crippen LogP contribution in [0.2, 0.25) is 0 Å². The fourth-order valence-electron chi connectivity index (χ4n) is 3.01. The number of fused-ring (bicyclic) bond motifs is 1. The first-order chi connectivity index (χ1) is 10.2. The molecule has 1 fully saturated rings. The number of aromatic nitrogens is 1. The van der Waals surface area contributed by atoms with Crippen molar-refractivity contribution in [1.29, 1.82) is 0 Å². The minimum absolute atomic E-state index is 0.280. The normalized spacial score (nSPS) is 16.6. The highest BCUT2D eigenvalue weighted by Crippen LogP contribution is 2.34. The molecule has 0 radical (unpaired) electrons. The lowest BCUT2D eigenvalue weighted by molar-refractivity contribution is 0.0459. The first-order valence-electron chi connectivity index (χ1n) is 7.40. The van der Waals surface area contributed by atoms with Crippen LogP contribution in [0.1, 0.15) is 19.8 Å². The quantitative estimate of drug-likeness (QED) is 0.883. The maximum Gasteiger partial charge on any atom is 0.150 e. The number of nitrogens with two attached hydrogens (primary N) is 1. The third-order valence-corrected chi connectivity index (χ3v) is 4.01. The SMILES string of the molecule is CCOC1CCN(c2c(F)cc(N)c3cccnc23)CC1. The summed E-state index contributed by atoms with van der Waals surface area (Å²) in [5, 5.41) is 0.806. The van der Waals surface area contributed by atoms with Crippen molar-refractivity contribution >= 4 is 22.3 Å². The van der Waals surface area contributed by atoms with Crippen LogP contribution in [0.4, 0.5) is 15.8 Å². The third-order valence-electron chi connectivity index (χ3n) is 4.01. The van der Waals surface area contributed by atoms with Crippen molar-refractivity contribution in [1.82, 2.24) is 4.98 Å². The van der Waals surface area contributed by atoms with Gasteiger partial charge in [0.15, 0.2) is 5.82 Å². The predicted molar refractivity (Wildman–Crippen MR) is 83.0 cm³/mol. The summed E-state index contributed by atoms with van der Waals surface area (Å²) in [4.78, 5) is 6.40. The summed E-state index contributed by atoms with van der Waals surface area (Å²) in [5.74, 6) is -0.298. The maximum absolute atomic E-state index is 14.4. The van der Waals surface area contributed by atoms with E-state index in [4.69, 9.17) is 10.5 Å².